The molecule has 1 aliphatic heterocycles. The molecule has 2 aromatic heterocycles. The summed E-state index contributed by atoms with van der Waals surface area (Å²) in [5, 5.41) is 0. The van der Waals surface area contributed by atoms with E-state index in [2.05, 4.69) is 19.9 Å². The summed E-state index contributed by atoms with van der Waals surface area (Å²) < 4.78 is 5.42. The molecule has 0 radical (unpaired) electrons. The number of methoxy groups -OCH3 is 1. The molecule has 0 spiro atoms. The number of hydrogen-bond acceptors (Lipinski definition) is 7. The van der Waals surface area contributed by atoms with Crippen LogP contribution >= 0.6 is 0 Å². The lowest BCUT2D eigenvalue weighted by Gasteiger charge is -2.34. The predicted molar refractivity (Wildman–Crippen MR) is 86.3 cm³/mol. The lowest BCUT2D eigenvalue weighted by molar-refractivity contribution is 0.0819. The Balaban J connectivity index is 2.00. The third kappa shape index (κ3) is 2.80. The molecule has 3 heterocycles. The number of nitrogen functional groups attached to an aromatic ring is 2. The fourth-order valence-corrected chi connectivity index (χ4v) is 2.82. The number of hydrogen-bond donors (Lipinski definition) is 2. The number of nitrogens with two attached hydrogens (primary N) is 2. The van der Waals surface area contributed by atoms with Crippen molar-refractivity contribution in [2.45, 2.75) is 18.9 Å². The minimum Gasteiger partial charge on any atom is -0.382 e. The van der Waals surface area contributed by atoms with E-state index in [4.69, 9.17) is 16.2 Å². The summed E-state index contributed by atoms with van der Waals surface area (Å²) in [6.07, 6.45) is 5.68. The minimum atomic E-state index is 0.173. The van der Waals surface area contributed by atoms with Crippen LogP contribution < -0.4 is 16.4 Å². The highest BCUT2D eigenvalue weighted by Crippen LogP contribution is 2.35. The van der Waals surface area contributed by atoms with Gasteiger partial charge in [-0.15, -0.1) is 0 Å². The van der Waals surface area contributed by atoms with Crippen LogP contribution in [-0.2, 0) is 4.74 Å². The van der Waals surface area contributed by atoms with Crippen LogP contribution in [0.2, 0.25) is 0 Å². The average Bonchev–Trinajstić information content (AvgIpc) is 2.55. The van der Waals surface area contributed by atoms with Crippen LogP contribution in [0.3, 0.4) is 0 Å². The smallest absolute Gasteiger partial charge is 0.222 e. The normalized spacial score (nSPS) is 16.0. The van der Waals surface area contributed by atoms with E-state index in [0.29, 0.717) is 11.9 Å². The van der Waals surface area contributed by atoms with E-state index in [1.165, 1.54) is 0 Å². The number of piperidine rings is 1. The van der Waals surface area contributed by atoms with Crippen molar-refractivity contribution < 1.29 is 4.74 Å². The Morgan fingerprint density at radius 1 is 1.23 bits per heavy atom. The number of rotatable bonds is 3. The van der Waals surface area contributed by atoms with E-state index in [-0.39, 0.29) is 5.95 Å². The first-order valence-corrected chi connectivity index (χ1v) is 7.30. The number of ether oxygens (including phenoxy) is 1. The van der Waals surface area contributed by atoms with Crippen molar-refractivity contribution in [3.63, 3.8) is 0 Å². The Labute approximate surface area is 129 Å². The lowest BCUT2D eigenvalue weighted by Crippen LogP contribution is -2.37. The Hall–Kier alpha value is -2.41. The summed E-state index contributed by atoms with van der Waals surface area (Å²) in [6.45, 7) is 1.70. The third-order valence-corrected chi connectivity index (χ3v) is 3.95. The van der Waals surface area contributed by atoms with E-state index in [9.17, 15) is 0 Å². The van der Waals surface area contributed by atoms with E-state index in [1.54, 1.807) is 19.5 Å². The molecule has 1 aliphatic rings. The quantitative estimate of drug-likeness (QED) is 0.881. The van der Waals surface area contributed by atoms with Gasteiger partial charge in [-0.05, 0) is 25.0 Å². The lowest BCUT2D eigenvalue weighted by atomic mass is 10.1. The van der Waals surface area contributed by atoms with Gasteiger partial charge in [0.25, 0.3) is 0 Å². The zero-order valence-corrected chi connectivity index (χ0v) is 12.6. The average molecular weight is 300 g/mol. The molecule has 116 valence electrons. The second-order valence-electron chi connectivity index (χ2n) is 5.33. The van der Waals surface area contributed by atoms with Gasteiger partial charge in [0.1, 0.15) is 11.4 Å². The molecule has 1 saturated heterocycles. The van der Waals surface area contributed by atoms with Gasteiger partial charge in [0.05, 0.1) is 6.10 Å². The highest BCUT2D eigenvalue weighted by Gasteiger charge is 2.24. The number of aromatic nitrogens is 3. The van der Waals surface area contributed by atoms with Crippen LogP contribution in [0.15, 0.2) is 24.5 Å². The molecule has 7 heteroatoms. The molecule has 4 N–H and O–H groups in total. The number of nitrogens with zero attached hydrogens (tertiary/aromatic N) is 4. The first-order chi connectivity index (χ1) is 10.7. The number of pyridine rings is 1. The molecule has 0 bridgehead atoms. The van der Waals surface area contributed by atoms with Crippen molar-refractivity contribution in [2.24, 2.45) is 0 Å². The molecule has 0 atom stereocenters. The molecule has 2 aromatic rings. The first kappa shape index (κ1) is 14.5. The van der Waals surface area contributed by atoms with Crippen molar-refractivity contribution >= 4 is 17.5 Å². The zero-order valence-electron chi connectivity index (χ0n) is 12.6. The second-order valence-corrected chi connectivity index (χ2v) is 5.33. The summed E-state index contributed by atoms with van der Waals surface area (Å²) in [5.74, 6) is 0.578. The highest BCUT2D eigenvalue weighted by molar-refractivity contribution is 5.83. The van der Waals surface area contributed by atoms with Gasteiger partial charge in [-0.3, -0.25) is 4.98 Å². The zero-order chi connectivity index (χ0) is 15.5. The van der Waals surface area contributed by atoms with E-state index in [0.717, 1.165) is 42.9 Å². The SMILES string of the molecule is COC1CCN(c2c(N)nc(N)nc2-c2cccnc2)CC1. The molecular weight excluding hydrogens is 280 g/mol. The maximum atomic E-state index is 6.13. The predicted octanol–water partition coefficient (Wildman–Crippen LogP) is 1.32. The maximum absolute atomic E-state index is 6.13. The maximum Gasteiger partial charge on any atom is 0.222 e. The number of anilines is 3. The highest BCUT2D eigenvalue weighted by atomic mass is 16.5. The Kier molecular flexibility index (Phi) is 4.06. The fraction of sp³-hybridized carbons (Fsp3) is 0.400. The third-order valence-electron chi connectivity index (χ3n) is 3.95. The standard InChI is InChI=1S/C15H20N6O/c1-22-11-4-7-21(8-5-11)13-12(10-3-2-6-18-9-10)19-15(17)20-14(13)16/h2-3,6,9,11H,4-5,7-8H2,1H3,(H4,16,17,19,20). The monoisotopic (exact) mass is 300 g/mol. The molecule has 7 nitrogen and oxygen atoms in total. The summed E-state index contributed by atoms with van der Waals surface area (Å²) in [7, 11) is 1.75. The molecule has 1 fully saturated rings. The summed E-state index contributed by atoms with van der Waals surface area (Å²) in [4.78, 5) is 14.9. The Bertz CT molecular complexity index is 640. The van der Waals surface area contributed by atoms with E-state index < -0.39 is 0 Å². The van der Waals surface area contributed by atoms with Crippen molar-refractivity contribution in [1.29, 1.82) is 0 Å². The Morgan fingerprint density at radius 3 is 2.64 bits per heavy atom. The molecular formula is C15H20N6O. The van der Waals surface area contributed by atoms with Crippen LogP contribution in [0.4, 0.5) is 17.5 Å². The van der Waals surface area contributed by atoms with Gasteiger partial charge in [0, 0.05) is 38.2 Å². The molecule has 0 saturated carbocycles. The van der Waals surface area contributed by atoms with Gasteiger partial charge in [-0.2, -0.15) is 4.98 Å². The Morgan fingerprint density at radius 2 is 2.00 bits per heavy atom. The van der Waals surface area contributed by atoms with Crippen molar-refractivity contribution in [1.82, 2.24) is 15.0 Å². The fourth-order valence-electron chi connectivity index (χ4n) is 2.82. The van der Waals surface area contributed by atoms with Crippen LogP contribution in [-0.4, -0.2) is 41.3 Å². The van der Waals surface area contributed by atoms with Gasteiger partial charge in [-0.1, -0.05) is 0 Å². The van der Waals surface area contributed by atoms with Crippen molar-refractivity contribution in [3.05, 3.63) is 24.5 Å². The van der Waals surface area contributed by atoms with Gasteiger partial charge in [0.2, 0.25) is 5.95 Å². The van der Waals surface area contributed by atoms with Crippen molar-refractivity contribution in [2.75, 3.05) is 36.6 Å². The second kappa shape index (κ2) is 6.15. The molecule has 22 heavy (non-hydrogen) atoms. The van der Waals surface area contributed by atoms with Gasteiger partial charge in [0.15, 0.2) is 5.82 Å². The van der Waals surface area contributed by atoms with Crippen LogP contribution in [0.5, 0.6) is 0 Å². The first-order valence-electron chi connectivity index (χ1n) is 7.30. The van der Waals surface area contributed by atoms with Crippen LogP contribution in [0, 0.1) is 0 Å². The summed E-state index contributed by atoms with van der Waals surface area (Å²) in [5.41, 5.74) is 14.4. The topological polar surface area (TPSA) is 103 Å². The molecule has 0 unspecified atom stereocenters. The van der Waals surface area contributed by atoms with Crippen LogP contribution in [0.25, 0.3) is 11.3 Å². The van der Waals surface area contributed by atoms with E-state index >= 15 is 0 Å². The molecule has 0 amide bonds. The van der Waals surface area contributed by atoms with Gasteiger partial charge < -0.3 is 21.1 Å². The van der Waals surface area contributed by atoms with Gasteiger partial charge in [-0.25, -0.2) is 4.98 Å². The minimum absolute atomic E-state index is 0.173. The molecule has 0 aliphatic carbocycles. The summed E-state index contributed by atoms with van der Waals surface area (Å²) in [6, 6.07) is 3.81. The van der Waals surface area contributed by atoms with E-state index in [1.807, 2.05) is 12.1 Å². The van der Waals surface area contributed by atoms with Crippen molar-refractivity contribution in [3.8, 4) is 11.3 Å². The largest absolute Gasteiger partial charge is 0.382 e. The molecule has 3 rings (SSSR count). The van der Waals surface area contributed by atoms with Crippen LogP contribution in [0.1, 0.15) is 12.8 Å². The van der Waals surface area contributed by atoms with Gasteiger partial charge >= 0.3 is 0 Å². The molecule has 0 aromatic carbocycles. The summed E-state index contributed by atoms with van der Waals surface area (Å²) >= 11 is 0.